The minimum Gasteiger partial charge on any atom is -0.356 e. The first-order valence-electron chi connectivity index (χ1n) is 7.63. The number of halogens is 3. The molecule has 3 heterocycles. The lowest BCUT2D eigenvalue weighted by Gasteiger charge is -2.33. The normalized spacial score (nSPS) is 16.2. The second-order valence-corrected chi connectivity index (χ2v) is 5.63. The number of nitrogens with one attached hydrogen (secondary N) is 1. The molecule has 0 amide bonds. The van der Waals surface area contributed by atoms with Crippen molar-refractivity contribution in [2.75, 3.05) is 23.3 Å². The Hall–Kier alpha value is -2.45. The van der Waals surface area contributed by atoms with E-state index < -0.39 is 11.9 Å². The van der Waals surface area contributed by atoms with Crippen LogP contribution in [0.1, 0.15) is 24.4 Å². The molecule has 0 aromatic carbocycles. The zero-order valence-corrected chi connectivity index (χ0v) is 13.1. The van der Waals surface area contributed by atoms with Gasteiger partial charge >= 0.3 is 6.18 Å². The molecule has 0 unspecified atom stereocenters. The van der Waals surface area contributed by atoms with E-state index in [2.05, 4.69) is 25.3 Å². The lowest BCUT2D eigenvalue weighted by Crippen LogP contribution is -2.40. The molecular weight excluding hydrogens is 321 g/mol. The lowest BCUT2D eigenvalue weighted by atomic mass is 10.1. The average Bonchev–Trinajstić information content (AvgIpc) is 2.55. The Morgan fingerprint density at radius 1 is 1.12 bits per heavy atom. The molecule has 0 saturated carbocycles. The zero-order chi connectivity index (χ0) is 17.2. The van der Waals surface area contributed by atoms with Gasteiger partial charge in [-0.3, -0.25) is 0 Å². The van der Waals surface area contributed by atoms with Gasteiger partial charge in [0.2, 0.25) is 5.95 Å². The Balaban J connectivity index is 1.65. The average molecular weight is 338 g/mol. The van der Waals surface area contributed by atoms with Crippen LogP contribution in [0.2, 0.25) is 0 Å². The highest BCUT2D eigenvalue weighted by atomic mass is 19.4. The predicted octanol–water partition coefficient (Wildman–Crippen LogP) is 2.67. The summed E-state index contributed by atoms with van der Waals surface area (Å²) >= 11 is 0. The van der Waals surface area contributed by atoms with Crippen molar-refractivity contribution in [3.05, 3.63) is 36.0 Å². The van der Waals surface area contributed by atoms with Gasteiger partial charge in [-0.05, 0) is 25.8 Å². The van der Waals surface area contributed by atoms with Crippen LogP contribution < -0.4 is 10.2 Å². The van der Waals surface area contributed by atoms with Crippen LogP contribution in [0.3, 0.4) is 0 Å². The third-order valence-corrected chi connectivity index (χ3v) is 3.83. The van der Waals surface area contributed by atoms with Crippen LogP contribution >= 0.6 is 0 Å². The number of anilines is 2. The molecule has 0 bridgehead atoms. The molecule has 0 radical (unpaired) electrons. The van der Waals surface area contributed by atoms with E-state index in [1.54, 1.807) is 18.5 Å². The summed E-state index contributed by atoms with van der Waals surface area (Å²) in [6, 6.07) is 2.94. The number of aryl methyl sites for hydroxylation is 1. The summed E-state index contributed by atoms with van der Waals surface area (Å²) in [7, 11) is 0. The molecule has 1 aliphatic rings. The quantitative estimate of drug-likeness (QED) is 0.928. The van der Waals surface area contributed by atoms with E-state index >= 15 is 0 Å². The van der Waals surface area contributed by atoms with E-state index in [1.807, 2.05) is 4.90 Å². The molecule has 9 heteroatoms. The molecule has 6 nitrogen and oxygen atoms in total. The molecule has 1 saturated heterocycles. The fraction of sp³-hybridized carbons (Fsp3) is 0.467. The Bertz CT molecular complexity index is 683. The van der Waals surface area contributed by atoms with Gasteiger partial charge in [0.05, 0.1) is 0 Å². The first kappa shape index (κ1) is 16.4. The van der Waals surface area contributed by atoms with Gasteiger partial charge in [-0.2, -0.15) is 13.2 Å². The van der Waals surface area contributed by atoms with Gasteiger partial charge in [-0.15, -0.1) is 0 Å². The first-order chi connectivity index (χ1) is 11.4. The van der Waals surface area contributed by atoms with Gasteiger partial charge in [0.25, 0.3) is 0 Å². The number of hydrogen-bond acceptors (Lipinski definition) is 6. The molecular formula is C15H17F3N6. The predicted molar refractivity (Wildman–Crippen MR) is 82.7 cm³/mol. The number of hydrogen-bond donors (Lipinski definition) is 1. The fourth-order valence-corrected chi connectivity index (χ4v) is 2.67. The number of aromatic nitrogens is 4. The van der Waals surface area contributed by atoms with Gasteiger partial charge in [-0.1, -0.05) is 0 Å². The summed E-state index contributed by atoms with van der Waals surface area (Å²) in [5.74, 6) is 1.01. The molecule has 24 heavy (non-hydrogen) atoms. The molecule has 0 spiro atoms. The Morgan fingerprint density at radius 3 is 2.42 bits per heavy atom. The van der Waals surface area contributed by atoms with Crippen molar-refractivity contribution < 1.29 is 13.2 Å². The van der Waals surface area contributed by atoms with Crippen LogP contribution in [-0.4, -0.2) is 39.1 Å². The molecule has 0 atom stereocenters. The van der Waals surface area contributed by atoms with Crippen molar-refractivity contribution in [1.29, 1.82) is 0 Å². The third-order valence-electron chi connectivity index (χ3n) is 3.83. The van der Waals surface area contributed by atoms with Crippen molar-refractivity contribution in [3.63, 3.8) is 0 Å². The SMILES string of the molecule is Cc1nc(N2CCC(Nc3ncccn3)CC2)cc(C(F)(F)F)n1. The molecule has 2 aromatic heterocycles. The van der Waals surface area contributed by atoms with Crippen LogP contribution in [0.15, 0.2) is 24.5 Å². The fourth-order valence-electron chi connectivity index (χ4n) is 2.67. The smallest absolute Gasteiger partial charge is 0.356 e. The van der Waals surface area contributed by atoms with E-state index in [0.29, 0.717) is 24.9 Å². The topological polar surface area (TPSA) is 66.8 Å². The molecule has 0 aliphatic carbocycles. The maximum Gasteiger partial charge on any atom is 0.433 e. The standard InChI is InChI=1S/C15H17F3N6/c1-10-21-12(15(16,17)18)9-13(22-10)24-7-3-11(4-8-24)23-14-19-5-2-6-20-14/h2,5-6,9,11H,3-4,7-8H2,1H3,(H,19,20,23). The summed E-state index contributed by atoms with van der Waals surface area (Å²) in [4.78, 5) is 17.7. The molecule has 2 aromatic rings. The maximum absolute atomic E-state index is 12.9. The number of alkyl halides is 3. The van der Waals surface area contributed by atoms with Gasteiger partial charge in [-0.25, -0.2) is 19.9 Å². The Kier molecular flexibility index (Phi) is 4.50. The second kappa shape index (κ2) is 6.58. The highest BCUT2D eigenvalue weighted by molar-refractivity contribution is 5.41. The Labute approximate surface area is 137 Å². The summed E-state index contributed by atoms with van der Waals surface area (Å²) < 4.78 is 38.7. The number of rotatable bonds is 3. The highest BCUT2D eigenvalue weighted by Gasteiger charge is 2.34. The summed E-state index contributed by atoms with van der Waals surface area (Å²) in [5, 5.41) is 3.24. The van der Waals surface area contributed by atoms with E-state index in [0.717, 1.165) is 18.9 Å². The molecule has 128 valence electrons. The van der Waals surface area contributed by atoms with E-state index in [9.17, 15) is 13.2 Å². The molecule has 1 N–H and O–H groups in total. The van der Waals surface area contributed by atoms with E-state index in [4.69, 9.17) is 0 Å². The zero-order valence-electron chi connectivity index (χ0n) is 13.1. The van der Waals surface area contributed by atoms with Crippen LogP contribution in [0.5, 0.6) is 0 Å². The minimum atomic E-state index is -4.47. The van der Waals surface area contributed by atoms with Crippen molar-refractivity contribution in [1.82, 2.24) is 19.9 Å². The van der Waals surface area contributed by atoms with Crippen LogP contribution in [0, 0.1) is 6.92 Å². The van der Waals surface area contributed by atoms with E-state index in [-0.39, 0.29) is 11.9 Å². The molecule has 1 aliphatic heterocycles. The third kappa shape index (κ3) is 3.90. The summed E-state index contributed by atoms with van der Waals surface area (Å²) in [6.45, 7) is 2.69. The molecule has 3 rings (SSSR count). The lowest BCUT2D eigenvalue weighted by molar-refractivity contribution is -0.141. The summed E-state index contributed by atoms with van der Waals surface area (Å²) in [6.07, 6.45) is 0.387. The van der Waals surface area contributed by atoms with Crippen LogP contribution in [0.25, 0.3) is 0 Å². The maximum atomic E-state index is 12.9. The van der Waals surface area contributed by atoms with Gasteiger partial charge in [0, 0.05) is 37.6 Å². The minimum absolute atomic E-state index is 0.123. The van der Waals surface area contributed by atoms with Crippen molar-refractivity contribution in [2.24, 2.45) is 0 Å². The summed E-state index contributed by atoms with van der Waals surface area (Å²) in [5.41, 5.74) is -0.900. The highest BCUT2D eigenvalue weighted by Crippen LogP contribution is 2.30. The van der Waals surface area contributed by atoms with Crippen molar-refractivity contribution in [3.8, 4) is 0 Å². The second-order valence-electron chi connectivity index (χ2n) is 5.63. The van der Waals surface area contributed by atoms with Crippen LogP contribution in [-0.2, 0) is 6.18 Å². The molecule has 1 fully saturated rings. The van der Waals surface area contributed by atoms with Gasteiger partial charge in [0.1, 0.15) is 17.3 Å². The monoisotopic (exact) mass is 338 g/mol. The Morgan fingerprint density at radius 2 is 1.79 bits per heavy atom. The van der Waals surface area contributed by atoms with Gasteiger partial charge in [0.15, 0.2) is 0 Å². The first-order valence-corrected chi connectivity index (χ1v) is 7.63. The number of piperidine rings is 1. The van der Waals surface area contributed by atoms with Crippen molar-refractivity contribution in [2.45, 2.75) is 32.0 Å². The largest absolute Gasteiger partial charge is 0.433 e. The van der Waals surface area contributed by atoms with E-state index in [1.165, 1.54) is 6.92 Å². The van der Waals surface area contributed by atoms with Crippen LogP contribution in [0.4, 0.5) is 24.9 Å². The number of nitrogens with zero attached hydrogens (tertiary/aromatic N) is 5. The van der Waals surface area contributed by atoms with Gasteiger partial charge < -0.3 is 10.2 Å². The van der Waals surface area contributed by atoms with Crippen molar-refractivity contribution >= 4 is 11.8 Å².